The first-order chi connectivity index (χ1) is 10.7. The zero-order valence-electron chi connectivity index (χ0n) is 12.3. The van der Waals surface area contributed by atoms with Crippen molar-refractivity contribution in [3.05, 3.63) is 48.0 Å². The van der Waals surface area contributed by atoms with E-state index in [2.05, 4.69) is 15.2 Å². The molecule has 3 rings (SSSR count). The Hall–Kier alpha value is -1.83. The van der Waals surface area contributed by atoms with Crippen LogP contribution >= 0.6 is 0 Å². The molecule has 7 heteroatoms. The van der Waals surface area contributed by atoms with Crippen LogP contribution in [0, 0.1) is 5.82 Å². The van der Waals surface area contributed by atoms with Gasteiger partial charge >= 0.3 is 0 Å². The van der Waals surface area contributed by atoms with Crippen molar-refractivity contribution in [2.75, 3.05) is 26.7 Å². The molecular weight excluding hydrogens is 287 g/mol. The standard InChI is InChI=1S/C15H19FN4O2/c1-22-15(11-2-4-12(16)5-3-11)10-19-8-13(14(21)9-19)20-7-6-17-18-20/h2-7,13-15,21H,8-10H2,1H3/t13-,14-,15?/m1/s1. The van der Waals surface area contributed by atoms with Gasteiger partial charge in [-0.25, -0.2) is 9.07 Å². The van der Waals surface area contributed by atoms with Crippen LogP contribution in [0.5, 0.6) is 0 Å². The normalized spacial score (nSPS) is 23.8. The van der Waals surface area contributed by atoms with Crippen molar-refractivity contribution >= 4 is 0 Å². The van der Waals surface area contributed by atoms with Gasteiger partial charge in [0.1, 0.15) is 5.82 Å². The Balaban J connectivity index is 1.66. The summed E-state index contributed by atoms with van der Waals surface area (Å²) in [5.41, 5.74) is 0.919. The van der Waals surface area contributed by atoms with Crippen molar-refractivity contribution in [2.45, 2.75) is 18.2 Å². The number of nitrogens with zero attached hydrogens (tertiary/aromatic N) is 4. The molecule has 3 atom stereocenters. The number of rotatable bonds is 5. The van der Waals surface area contributed by atoms with Crippen LogP contribution < -0.4 is 0 Å². The van der Waals surface area contributed by atoms with E-state index >= 15 is 0 Å². The number of aromatic nitrogens is 3. The number of halogens is 1. The second kappa shape index (κ2) is 6.51. The van der Waals surface area contributed by atoms with E-state index in [-0.39, 0.29) is 18.0 Å². The Labute approximate surface area is 128 Å². The van der Waals surface area contributed by atoms with Crippen LogP contribution in [0.1, 0.15) is 17.7 Å². The molecule has 0 bridgehead atoms. The van der Waals surface area contributed by atoms with E-state index < -0.39 is 6.10 Å². The summed E-state index contributed by atoms with van der Waals surface area (Å²) in [6, 6.07) is 6.21. The third-order valence-electron chi connectivity index (χ3n) is 4.07. The minimum Gasteiger partial charge on any atom is -0.390 e. The van der Waals surface area contributed by atoms with Crippen LogP contribution in [0.15, 0.2) is 36.7 Å². The molecule has 0 aliphatic carbocycles. The second-order valence-corrected chi connectivity index (χ2v) is 5.51. The van der Waals surface area contributed by atoms with Gasteiger partial charge in [-0.2, -0.15) is 0 Å². The van der Waals surface area contributed by atoms with E-state index in [0.717, 1.165) is 5.56 Å². The summed E-state index contributed by atoms with van der Waals surface area (Å²) >= 11 is 0. The maximum atomic E-state index is 13.0. The molecule has 2 aromatic rings. The number of β-amino-alcohol motifs (C(OH)–C–C–N with tert-alkyl or cyclic N) is 1. The molecule has 1 fully saturated rings. The molecule has 1 N–H and O–H groups in total. The lowest BCUT2D eigenvalue weighted by atomic mass is 10.1. The third kappa shape index (κ3) is 3.16. The van der Waals surface area contributed by atoms with Gasteiger partial charge in [-0.05, 0) is 17.7 Å². The van der Waals surface area contributed by atoms with E-state index in [1.54, 1.807) is 36.3 Å². The lowest BCUT2D eigenvalue weighted by Crippen LogP contribution is -2.28. The van der Waals surface area contributed by atoms with Crippen molar-refractivity contribution in [1.29, 1.82) is 0 Å². The van der Waals surface area contributed by atoms with Crippen molar-refractivity contribution in [1.82, 2.24) is 19.9 Å². The van der Waals surface area contributed by atoms with Crippen LogP contribution in [-0.2, 0) is 4.74 Å². The summed E-state index contributed by atoms with van der Waals surface area (Å²) < 4.78 is 20.2. The lowest BCUT2D eigenvalue weighted by Gasteiger charge is -2.23. The average Bonchev–Trinajstić information content (AvgIpc) is 3.15. The molecule has 1 aliphatic rings. The zero-order valence-corrected chi connectivity index (χ0v) is 12.3. The first-order valence-corrected chi connectivity index (χ1v) is 7.22. The molecule has 0 saturated carbocycles. The highest BCUT2D eigenvalue weighted by Crippen LogP contribution is 2.25. The van der Waals surface area contributed by atoms with Gasteiger partial charge in [0.25, 0.3) is 0 Å². The van der Waals surface area contributed by atoms with E-state index in [9.17, 15) is 9.50 Å². The summed E-state index contributed by atoms with van der Waals surface area (Å²) in [5.74, 6) is -0.263. The quantitative estimate of drug-likeness (QED) is 0.893. The maximum absolute atomic E-state index is 13.0. The van der Waals surface area contributed by atoms with Crippen LogP contribution in [-0.4, -0.2) is 57.8 Å². The Morgan fingerprint density at radius 1 is 1.36 bits per heavy atom. The fourth-order valence-corrected chi connectivity index (χ4v) is 2.88. The summed E-state index contributed by atoms with van der Waals surface area (Å²) in [4.78, 5) is 2.12. The number of hydrogen-bond donors (Lipinski definition) is 1. The van der Waals surface area contributed by atoms with Gasteiger partial charge in [-0.1, -0.05) is 17.3 Å². The predicted molar refractivity (Wildman–Crippen MR) is 77.7 cm³/mol. The fourth-order valence-electron chi connectivity index (χ4n) is 2.88. The van der Waals surface area contributed by atoms with Gasteiger partial charge in [0.05, 0.1) is 24.4 Å². The molecule has 0 radical (unpaired) electrons. The van der Waals surface area contributed by atoms with Gasteiger partial charge in [-0.3, -0.25) is 4.90 Å². The Kier molecular flexibility index (Phi) is 4.47. The summed E-state index contributed by atoms with van der Waals surface area (Å²) in [7, 11) is 1.63. The Morgan fingerprint density at radius 3 is 2.77 bits per heavy atom. The molecule has 1 aliphatic heterocycles. The Bertz CT molecular complexity index is 590. The monoisotopic (exact) mass is 306 g/mol. The first kappa shape index (κ1) is 15.1. The van der Waals surface area contributed by atoms with Crippen molar-refractivity contribution in [3.63, 3.8) is 0 Å². The average molecular weight is 306 g/mol. The number of aliphatic hydroxyl groups is 1. The second-order valence-electron chi connectivity index (χ2n) is 5.51. The maximum Gasteiger partial charge on any atom is 0.123 e. The van der Waals surface area contributed by atoms with Crippen molar-refractivity contribution in [3.8, 4) is 0 Å². The van der Waals surface area contributed by atoms with Gasteiger partial charge in [-0.15, -0.1) is 5.10 Å². The largest absolute Gasteiger partial charge is 0.390 e. The summed E-state index contributed by atoms with van der Waals surface area (Å²) in [6.07, 6.45) is 2.70. The number of aliphatic hydroxyl groups excluding tert-OH is 1. The number of likely N-dealkylation sites (tertiary alicyclic amines) is 1. The molecule has 0 spiro atoms. The molecule has 0 amide bonds. The van der Waals surface area contributed by atoms with Crippen molar-refractivity contribution < 1.29 is 14.2 Å². The molecule has 1 aromatic carbocycles. The highest BCUT2D eigenvalue weighted by Gasteiger charge is 2.34. The van der Waals surface area contributed by atoms with Gasteiger partial charge in [0, 0.05) is 32.9 Å². The van der Waals surface area contributed by atoms with Gasteiger partial charge in [0.15, 0.2) is 0 Å². The highest BCUT2D eigenvalue weighted by molar-refractivity contribution is 5.19. The minimum absolute atomic E-state index is 0.103. The Morgan fingerprint density at radius 2 is 2.14 bits per heavy atom. The van der Waals surface area contributed by atoms with E-state index in [1.807, 2.05) is 0 Å². The molecule has 22 heavy (non-hydrogen) atoms. The molecule has 1 saturated heterocycles. The van der Waals surface area contributed by atoms with Crippen LogP contribution in [0.4, 0.5) is 4.39 Å². The van der Waals surface area contributed by atoms with Crippen molar-refractivity contribution in [2.24, 2.45) is 0 Å². The number of benzene rings is 1. The summed E-state index contributed by atoms with van der Waals surface area (Å²) in [5, 5.41) is 17.9. The fraction of sp³-hybridized carbons (Fsp3) is 0.467. The van der Waals surface area contributed by atoms with Crippen LogP contribution in [0.2, 0.25) is 0 Å². The number of ether oxygens (including phenoxy) is 1. The first-order valence-electron chi connectivity index (χ1n) is 7.22. The summed E-state index contributed by atoms with van der Waals surface area (Å²) in [6.45, 7) is 1.85. The smallest absolute Gasteiger partial charge is 0.123 e. The number of methoxy groups -OCH3 is 1. The van der Waals surface area contributed by atoms with E-state index in [0.29, 0.717) is 19.6 Å². The molecular formula is C15H19FN4O2. The van der Waals surface area contributed by atoms with E-state index in [4.69, 9.17) is 4.74 Å². The molecule has 2 heterocycles. The van der Waals surface area contributed by atoms with Gasteiger partial charge in [0.2, 0.25) is 0 Å². The molecule has 1 unspecified atom stereocenters. The molecule has 1 aromatic heterocycles. The molecule has 118 valence electrons. The minimum atomic E-state index is -0.493. The number of hydrogen-bond acceptors (Lipinski definition) is 5. The SMILES string of the molecule is COC(CN1C[C@@H](O)[C@H](n2ccnn2)C1)c1ccc(F)cc1. The van der Waals surface area contributed by atoms with Crippen LogP contribution in [0.3, 0.4) is 0 Å². The van der Waals surface area contributed by atoms with E-state index in [1.165, 1.54) is 12.1 Å². The van der Waals surface area contributed by atoms with Gasteiger partial charge < -0.3 is 9.84 Å². The predicted octanol–water partition coefficient (Wildman–Crippen LogP) is 1.02. The molecule has 6 nitrogen and oxygen atoms in total. The topological polar surface area (TPSA) is 63.4 Å². The lowest BCUT2D eigenvalue weighted by molar-refractivity contribution is 0.0660. The highest BCUT2D eigenvalue weighted by atomic mass is 19.1. The third-order valence-corrected chi connectivity index (χ3v) is 4.07. The van der Waals surface area contributed by atoms with Crippen LogP contribution in [0.25, 0.3) is 0 Å². The zero-order chi connectivity index (χ0) is 15.5.